The van der Waals surface area contributed by atoms with Crippen molar-refractivity contribution in [3.8, 4) is 11.6 Å². The molecule has 132 valence electrons. The molecule has 0 aliphatic carbocycles. The van der Waals surface area contributed by atoms with Crippen LogP contribution in [0.2, 0.25) is 0 Å². The van der Waals surface area contributed by atoms with Crippen LogP contribution in [0.3, 0.4) is 0 Å². The second-order valence-electron chi connectivity index (χ2n) is 5.62. The molecule has 2 heterocycles. The molecule has 1 aliphatic rings. The van der Waals surface area contributed by atoms with Crippen LogP contribution in [0.25, 0.3) is 0 Å². The van der Waals surface area contributed by atoms with Crippen LogP contribution in [-0.4, -0.2) is 39.4 Å². The number of hydrogen-bond acceptors (Lipinski definition) is 5. The van der Waals surface area contributed by atoms with Crippen LogP contribution < -0.4 is 10.2 Å². The van der Waals surface area contributed by atoms with Gasteiger partial charge < -0.3 is 19.3 Å². The van der Waals surface area contributed by atoms with Gasteiger partial charge in [0.25, 0.3) is 5.91 Å². The van der Waals surface area contributed by atoms with Crippen molar-refractivity contribution in [2.75, 3.05) is 18.9 Å². The monoisotopic (exact) mass is 364 g/mol. The lowest BCUT2D eigenvalue weighted by atomic mass is 10.1. The highest BCUT2D eigenvalue weighted by molar-refractivity contribution is 7.80. The van der Waals surface area contributed by atoms with E-state index >= 15 is 0 Å². The van der Waals surface area contributed by atoms with Crippen LogP contribution in [-0.2, 0) is 13.1 Å². The highest BCUT2D eigenvalue weighted by Gasteiger charge is 2.30. The van der Waals surface area contributed by atoms with Gasteiger partial charge in [0, 0.05) is 31.5 Å². The summed E-state index contributed by atoms with van der Waals surface area (Å²) in [4.78, 5) is 26.2. The normalized spacial score (nSPS) is 13.7. The summed E-state index contributed by atoms with van der Waals surface area (Å²) >= 11 is 4.05. The number of rotatable bonds is 5. The van der Waals surface area contributed by atoms with Gasteiger partial charge in [0.05, 0.1) is 6.61 Å². The average molecular weight is 364 g/mol. The number of pyridine rings is 1. The summed E-state index contributed by atoms with van der Waals surface area (Å²) in [6.45, 7) is 1.29. The Labute approximate surface area is 148 Å². The van der Waals surface area contributed by atoms with Gasteiger partial charge in [-0.2, -0.15) is 12.6 Å². The lowest BCUT2D eigenvalue weighted by Gasteiger charge is -2.31. The quantitative estimate of drug-likeness (QED) is 0.792. The molecular weight excluding hydrogens is 347 g/mol. The van der Waals surface area contributed by atoms with E-state index in [-0.39, 0.29) is 30.5 Å². The topological polar surface area (TPSA) is 71.8 Å². The van der Waals surface area contributed by atoms with Gasteiger partial charge in [0.15, 0.2) is 17.3 Å². The number of halogens is 1. The van der Waals surface area contributed by atoms with Gasteiger partial charge in [-0.25, -0.2) is 4.39 Å². The van der Waals surface area contributed by atoms with E-state index < -0.39 is 17.1 Å². The second-order valence-corrected chi connectivity index (χ2v) is 6.07. The van der Waals surface area contributed by atoms with Crippen molar-refractivity contribution < 1.29 is 19.0 Å². The first-order valence-corrected chi connectivity index (χ1v) is 8.38. The number of thiol groups is 1. The smallest absolute Gasteiger partial charge is 0.274 e. The number of aromatic nitrogens is 1. The van der Waals surface area contributed by atoms with Gasteiger partial charge in [0.2, 0.25) is 5.43 Å². The highest BCUT2D eigenvalue weighted by Crippen LogP contribution is 2.26. The molecule has 2 aromatic rings. The first-order valence-electron chi connectivity index (χ1n) is 7.75. The van der Waals surface area contributed by atoms with Crippen LogP contribution in [0.5, 0.6) is 11.6 Å². The number of nitrogens with zero attached hydrogens (tertiary/aromatic N) is 2. The van der Waals surface area contributed by atoms with Gasteiger partial charge in [0.1, 0.15) is 5.82 Å². The number of hydrogen-bond donors (Lipinski definition) is 2. The fourth-order valence-corrected chi connectivity index (χ4v) is 2.85. The SMILES string of the molecule is O=C1c2c(O)c(=O)cc(OCCS)n2CCN1Cc1ccc(F)cc1. The lowest BCUT2D eigenvalue weighted by Crippen LogP contribution is -2.41. The van der Waals surface area contributed by atoms with Crippen LogP contribution in [0.1, 0.15) is 16.1 Å². The van der Waals surface area contributed by atoms with Crippen LogP contribution >= 0.6 is 12.6 Å². The summed E-state index contributed by atoms with van der Waals surface area (Å²) in [5.74, 6) is -0.723. The average Bonchev–Trinajstić information content (AvgIpc) is 2.60. The number of fused-ring (bicyclic) bond motifs is 1. The molecule has 1 aromatic carbocycles. The zero-order valence-corrected chi connectivity index (χ0v) is 14.2. The lowest BCUT2D eigenvalue weighted by molar-refractivity contribution is 0.0675. The minimum atomic E-state index is -0.669. The number of aromatic hydroxyl groups is 1. The maximum Gasteiger partial charge on any atom is 0.274 e. The Kier molecular flexibility index (Phi) is 4.98. The van der Waals surface area contributed by atoms with Crippen LogP contribution in [0.15, 0.2) is 35.1 Å². The van der Waals surface area contributed by atoms with Crippen LogP contribution in [0, 0.1) is 5.82 Å². The van der Waals surface area contributed by atoms with E-state index in [0.29, 0.717) is 18.8 Å². The minimum absolute atomic E-state index is 0.0879. The molecule has 0 radical (unpaired) electrons. The summed E-state index contributed by atoms with van der Waals surface area (Å²) in [6, 6.07) is 7.00. The van der Waals surface area contributed by atoms with Crippen molar-refractivity contribution >= 4 is 18.5 Å². The summed E-state index contributed by atoms with van der Waals surface area (Å²) in [6.07, 6.45) is 0. The molecule has 1 aromatic heterocycles. The standard InChI is InChI=1S/C17H17FN2O4S/c18-12-3-1-11(2-4-12)10-19-5-6-20-14(24-7-8-25)9-13(21)16(22)15(20)17(19)23/h1-4,9,22,25H,5-8,10H2. The maximum absolute atomic E-state index is 13.0. The van der Waals surface area contributed by atoms with Gasteiger partial charge in [-0.05, 0) is 17.7 Å². The number of ether oxygens (including phenoxy) is 1. The summed E-state index contributed by atoms with van der Waals surface area (Å²) in [5.41, 5.74) is -0.0000577. The predicted octanol–water partition coefficient (Wildman–Crippen LogP) is 1.66. The Morgan fingerprint density at radius 3 is 2.60 bits per heavy atom. The van der Waals surface area contributed by atoms with Crippen molar-refractivity contribution in [1.29, 1.82) is 0 Å². The fourth-order valence-electron chi connectivity index (χ4n) is 2.75. The van der Waals surface area contributed by atoms with Crippen molar-refractivity contribution in [3.63, 3.8) is 0 Å². The van der Waals surface area contributed by atoms with Crippen molar-refractivity contribution in [1.82, 2.24) is 9.47 Å². The van der Waals surface area contributed by atoms with Crippen molar-refractivity contribution in [2.45, 2.75) is 13.1 Å². The molecule has 1 amide bonds. The molecule has 6 nitrogen and oxygen atoms in total. The molecular formula is C17H17FN2O4S. The van der Waals surface area contributed by atoms with Crippen molar-refractivity contribution in [3.05, 3.63) is 57.6 Å². The molecule has 1 aliphatic heterocycles. The Bertz CT molecular complexity index is 851. The van der Waals surface area contributed by atoms with E-state index in [1.54, 1.807) is 12.1 Å². The first kappa shape index (κ1) is 17.3. The number of amides is 1. The highest BCUT2D eigenvalue weighted by atomic mass is 32.1. The Balaban J connectivity index is 1.92. The van der Waals surface area contributed by atoms with Gasteiger partial charge in [-0.15, -0.1) is 0 Å². The van der Waals surface area contributed by atoms with Gasteiger partial charge in [-0.3, -0.25) is 9.59 Å². The van der Waals surface area contributed by atoms with Crippen molar-refractivity contribution in [2.24, 2.45) is 0 Å². The van der Waals surface area contributed by atoms with Crippen LogP contribution in [0.4, 0.5) is 4.39 Å². The van der Waals surface area contributed by atoms with E-state index in [4.69, 9.17) is 4.74 Å². The Morgan fingerprint density at radius 1 is 1.20 bits per heavy atom. The van der Waals surface area contributed by atoms with E-state index in [0.717, 1.165) is 5.56 Å². The molecule has 8 heteroatoms. The third-order valence-electron chi connectivity index (χ3n) is 3.96. The third-order valence-corrected chi connectivity index (χ3v) is 4.14. The molecule has 0 saturated carbocycles. The Hall–Kier alpha value is -2.48. The van der Waals surface area contributed by atoms with E-state index in [2.05, 4.69) is 12.6 Å². The number of carbonyl (C=O) groups excluding carboxylic acids is 1. The zero-order chi connectivity index (χ0) is 18.0. The molecule has 0 atom stereocenters. The third kappa shape index (κ3) is 3.48. The Morgan fingerprint density at radius 2 is 1.92 bits per heavy atom. The minimum Gasteiger partial charge on any atom is -0.503 e. The summed E-state index contributed by atoms with van der Waals surface area (Å²) in [5, 5.41) is 10.1. The predicted molar refractivity (Wildman–Crippen MR) is 92.9 cm³/mol. The van der Waals surface area contributed by atoms with Gasteiger partial charge >= 0.3 is 0 Å². The second kappa shape index (κ2) is 7.18. The maximum atomic E-state index is 13.0. The van der Waals surface area contributed by atoms with E-state index in [1.165, 1.54) is 27.7 Å². The van der Waals surface area contributed by atoms with Gasteiger partial charge in [-0.1, -0.05) is 12.1 Å². The number of carbonyl (C=O) groups is 1. The summed E-state index contributed by atoms with van der Waals surface area (Å²) < 4.78 is 20.0. The zero-order valence-electron chi connectivity index (χ0n) is 13.3. The molecule has 25 heavy (non-hydrogen) atoms. The summed E-state index contributed by atoms with van der Waals surface area (Å²) in [7, 11) is 0. The molecule has 1 N–H and O–H groups in total. The number of benzene rings is 1. The molecule has 0 spiro atoms. The molecule has 0 fully saturated rings. The molecule has 0 bridgehead atoms. The molecule has 0 unspecified atom stereocenters. The van der Waals surface area contributed by atoms with E-state index in [9.17, 15) is 19.1 Å². The fraction of sp³-hybridized carbons (Fsp3) is 0.294. The molecule has 0 saturated heterocycles. The first-order chi connectivity index (χ1) is 12.0. The molecule has 3 rings (SSSR count). The largest absolute Gasteiger partial charge is 0.503 e. The van der Waals surface area contributed by atoms with E-state index in [1.807, 2.05) is 0 Å².